The van der Waals surface area contributed by atoms with Crippen LogP contribution in [0.2, 0.25) is 0 Å². The predicted molar refractivity (Wildman–Crippen MR) is 63.1 cm³/mol. The van der Waals surface area contributed by atoms with Crippen molar-refractivity contribution in [2.45, 2.75) is 20.3 Å². The summed E-state index contributed by atoms with van der Waals surface area (Å²) < 4.78 is 5.52. The Hall–Kier alpha value is -1.77. The van der Waals surface area contributed by atoms with E-state index in [1.165, 1.54) is 0 Å². The van der Waals surface area contributed by atoms with Crippen molar-refractivity contribution in [3.63, 3.8) is 0 Å². The summed E-state index contributed by atoms with van der Waals surface area (Å²) in [5.41, 5.74) is 1.92. The third-order valence-corrected chi connectivity index (χ3v) is 2.45. The van der Waals surface area contributed by atoms with Gasteiger partial charge in [0.15, 0.2) is 0 Å². The lowest BCUT2D eigenvalue weighted by Crippen LogP contribution is -2.05. The van der Waals surface area contributed by atoms with Crippen LogP contribution in [-0.2, 0) is 0 Å². The number of carboxylic acids is 1. The van der Waals surface area contributed by atoms with Gasteiger partial charge < -0.3 is 9.84 Å². The largest absolute Gasteiger partial charge is 0.489 e. The maximum atomic E-state index is 10.9. The zero-order valence-corrected chi connectivity index (χ0v) is 9.62. The van der Waals surface area contributed by atoms with Crippen LogP contribution < -0.4 is 4.74 Å². The van der Waals surface area contributed by atoms with Crippen LogP contribution in [0, 0.1) is 6.92 Å². The Labute approximate surface area is 95.4 Å². The molecular formula is C13H16O3. The zero-order chi connectivity index (χ0) is 12.1. The highest BCUT2D eigenvalue weighted by molar-refractivity contribution is 5.90. The smallest absolute Gasteiger partial charge is 0.336 e. The minimum Gasteiger partial charge on any atom is -0.489 e. The molecule has 16 heavy (non-hydrogen) atoms. The molecular weight excluding hydrogens is 204 g/mol. The molecule has 86 valence electrons. The van der Waals surface area contributed by atoms with Crippen molar-refractivity contribution < 1.29 is 14.6 Å². The van der Waals surface area contributed by atoms with Crippen molar-refractivity contribution in [2.24, 2.45) is 0 Å². The molecule has 0 heterocycles. The Kier molecular flexibility index (Phi) is 4.11. The van der Waals surface area contributed by atoms with E-state index in [2.05, 4.69) is 6.58 Å². The maximum Gasteiger partial charge on any atom is 0.336 e. The third kappa shape index (κ3) is 2.86. The van der Waals surface area contributed by atoms with Gasteiger partial charge in [-0.15, -0.1) is 0 Å². The van der Waals surface area contributed by atoms with Crippen LogP contribution >= 0.6 is 0 Å². The molecule has 3 heteroatoms. The second kappa shape index (κ2) is 5.35. The first kappa shape index (κ1) is 12.3. The molecule has 0 aromatic heterocycles. The highest BCUT2D eigenvalue weighted by Crippen LogP contribution is 2.21. The van der Waals surface area contributed by atoms with E-state index in [1.54, 1.807) is 25.1 Å². The van der Waals surface area contributed by atoms with Crippen molar-refractivity contribution in [3.05, 3.63) is 41.5 Å². The molecule has 0 aliphatic heterocycles. The lowest BCUT2D eigenvalue weighted by Gasteiger charge is -2.11. The van der Waals surface area contributed by atoms with Crippen LogP contribution in [0.15, 0.2) is 30.4 Å². The van der Waals surface area contributed by atoms with Crippen molar-refractivity contribution in [3.8, 4) is 5.75 Å². The first-order valence-electron chi connectivity index (χ1n) is 5.18. The topological polar surface area (TPSA) is 46.5 Å². The molecule has 0 amide bonds. The molecule has 1 aromatic rings. The Morgan fingerprint density at radius 1 is 1.50 bits per heavy atom. The number of aromatic carboxylic acids is 1. The predicted octanol–water partition coefficient (Wildman–Crippen LogP) is 3.04. The lowest BCUT2D eigenvalue weighted by atomic mass is 10.1. The molecule has 0 atom stereocenters. The fraction of sp³-hybridized carbons (Fsp3) is 0.308. The van der Waals surface area contributed by atoms with E-state index in [0.717, 1.165) is 12.0 Å². The molecule has 1 aromatic carbocycles. The van der Waals surface area contributed by atoms with Gasteiger partial charge in [-0.25, -0.2) is 4.79 Å². The number of ether oxygens (including phenoxy) is 1. The number of carbonyl (C=O) groups is 1. The molecule has 0 fully saturated rings. The van der Waals surface area contributed by atoms with E-state index >= 15 is 0 Å². The van der Waals surface area contributed by atoms with Gasteiger partial charge in [0.2, 0.25) is 0 Å². The zero-order valence-electron chi connectivity index (χ0n) is 9.62. The van der Waals surface area contributed by atoms with Gasteiger partial charge in [0, 0.05) is 5.56 Å². The second-order valence-electron chi connectivity index (χ2n) is 3.63. The van der Waals surface area contributed by atoms with Gasteiger partial charge in [-0.1, -0.05) is 19.6 Å². The van der Waals surface area contributed by atoms with Gasteiger partial charge >= 0.3 is 5.97 Å². The minimum atomic E-state index is -0.933. The molecule has 1 rings (SSSR count). The van der Waals surface area contributed by atoms with Crippen LogP contribution in [0.4, 0.5) is 0 Å². The molecule has 0 bridgehead atoms. The third-order valence-electron chi connectivity index (χ3n) is 2.45. The van der Waals surface area contributed by atoms with Crippen molar-refractivity contribution >= 4 is 5.97 Å². The summed E-state index contributed by atoms with van der Waals surface area (Å²) in [4.78, 5) is 10.9. The molecule has 0 radical (unpaired) electrons. The van der Waals surface area contributed by atoms with Crippen LogP contribution in [0.5, 0.6) is 5.75 Å². The molecule has 1 N–H and O–H groups in total. The summed E-state index contributed by atoms with van der Waals surface area (Å²) >= 11 is 0. The van der Waals surface area contributed by atoms with E-state index in [9.17, 15) is 4.79 Å². The maximum absolute atomic E-state index is 10.9. The number of carboxylic acid groups (broad SMARTS) is 1. The number of hydrogen-bond donors (Lipinski definition) is 1. The van der Waals surface area contributed by atoms with E-state index in [1.807, 2.05) is 6.92 Å². The molecule has 0 spiro atoms. The van der Waals surface area contributed by atoms with Gasteiger partial charge in [-0.05, 0) is 31.1 Å². The Morgan fingerprint density at radius 2 is 2.19 bits per heavy atom. The van der Waals surface area contributed by atoms with Gasteiger partial charge in [-0.3, -0.25) is 0 Å². The molecule has 3 nitrogen and oxygen atoms in total. The molecule has 0 saturated heterocycles. The van der Waals surface area contributed by atoms with Crippen molar-refractivity contribution in [1.82, 2.24) is 0 Å². The normalized spacial score (nSPS) is 9.88. The quantitative estimate of drug-likeness (QED) is 0.776. The average Bonchev–Trinajstić information content (AvgIpc) is 2.26. The first-order chi connectivity index (χ1) is 7.56. The Bertz CT molecular complexity index is 408. The van der Waals surface area contributed by atoms with E-state index < -0.39 is 5.97 Å². The number of rotatable bonds is 5. The highest BCUT2D eigenvalue weighted by Gasteiger charge is 2.10. The summed E-state index contributed by atoms with van der Waals surface area (Å²) in [5.74, 6) is -0.327. The molecule has 0 aliphatic rings. The summed E-state index contributed by atoms with van der Waals surface area (Å²) in [6.07, 6.45) is 0.859. The molecule has 0 unspecified atom stereocenters. The Morgan fingerprint density at radius 3 is 2.75 bits per heavy atom. The van der Waals surface area contributed by atoms with E-state index in [0.29, 0.717) is 17.9 Å². The van der Waals surface area contributed by atoms with Crippen molar-refractivity contribution in [2.75, 3.05) is 6.61 Å². The Balaban J connectivity index is 2.85. The number of benzene rings is 1. The van der Waals surface area contributed by atoms with Gasteiger partial charge in [0.25, 0.3) is 0 Å². The standard InChI is InChI=1S/C13H16O3/c1-4-9(2)8-16-12-7-5-6-11(10(12)3)13(14)15/h5-7H,2,4,8H2,1,3H3,(H,14,15). The monoisotopic (exact) mass is 220 g/mol. The first-order valence-corrected chi connectivity index (χ1v) is 5.18. The van der Waals surface area contributed by atoms with Gasteiger partial charge in [0.05, 0.1) is 5.56 Å². The fourth-order valence-corrected chi connectivity index (χ4v) is 1.28. The summed E-state index contributed by atoms with van der Waals surface area (Å²) in [5, 5.41) is 8.94. The van der Waals surface area contributed by atoms with Gasteiger partial charge in [0.1, 0.15) is 12.4 Å². The molecule has 0 aliphatic carbocycles. The minimum absolute atomic E-state index is 0.277. The average molecular weight is 220 g/mol. The van der Waals surface area contributed by atoms with E-state index in [-0.39, 0.29) is 5.56 Å². The van der Waals surface area contributed by atoms with Gasteiger partial charge in [-0.2, -0.15) is 0 Å². The van der Waals surface area contributed by atoms with Crippen LogP contribution in [-0.4, -0.2) is 17.7 Å². The summed E-state index contributed by atoms with van der Waals surface area (Å²) in [6.45, 7) is 8.01. The van der Waals surface area contributed by atoms with Crippen LogP contribution in [0.1, 0.15) is 29.3 Å². The summed E-state index contributed by atoms with van der Waals surface area (Å²) in [7, 11) is 0. The van der Waals surface area contributed by atoms with Crippen LogP contribution in [0.25, 0.3) is 0 Å². The molecule has 0 saturated carbocycles. The van der Waals surface area contributed by atoms with Crippen LogP contribution in [0.3, 0.4) is 0 Å². The lowest BCUT2D eigenvalue weighted by molar-refractivity contribution is 0.0695. The SMILES string of the molecule is C=C(CC)COc1cccc(C(=O)O)c1C. The van der Waals surface area contributed by atoms with E-state index in [4.69, 9.17) is 9.84 Å². The van der Waals surface area contributed by atoms with Crippen molar-refractivity contribution in [1.29, 1.82) is 0 Å². The second-order valence-corrected chi connectivity index (χ2v) is 3.63. The highest BCUT2D eigenvalue weighted by atomic mass is 16.5. The fourth-order valence-electron chi connectivity index (χ4n) is 1.28. The summed E-state index contributed by atoms with van der Waals surface area (Å²) in [6, 6.07) is 5.02. The number of hydrogen-bond acceptors (Lipinski definition) is 2.